The van der Waals surface area contributed by atoms with Crippen molar-refractivity contribution in [1.29, 1.82) is 0 Å². The zero-order valence-corrected chi connectivity index (χ0v) is 11.6. The Hall–Kier alpha value is -1.60. The summed E-state index contributed by atoms with van der Waals surface area (Å²) in [6, 6.07) is 1.06. The molecule has 0 aliphatic heterocycles. The summed E-state index contributed by atoms with van der Waals surface area (Å²) in [4.78, 5) is 22.4. The maximum atomic E-state index is 11.5. The second-order valence-corrected chi connectivity index (χ2v) is 4.73. The van der Waals surface area contributed by atoms with Crippen LogP contribution in [0, 0.1) is 0 Å². The lowest BCUT2D eigenvalue weighted by molar-refractivity contribution is 0.0698. The van der Waals surface area contributed by atoms with Crippen LogP contribution >= 0.6 is 11.3 Å². The molecule has 1 heterocycles. The van der Waals surface area contributed by atoms with Gasteiger partial charge in [-0.25, -0.2) is 9.59 Å². The van der Waals surface area contributed by atoms with E-state index in [1.54, 1.807) is 5.38 Å². The third-order valence-electron chi connectivity index (χ3n) is 2.22. The normalized spacial score (nSPS) is 10.2. The van der Waals surface area contributed by atoms with Gasteiger partial charge in [-0.3, -0.25) is 5.32 Å². The number of rotatable bonds is 8. The lowest BCUT2D eigenvalue weighted by atomic mass is 10.3. The number of amides is 2. The molecule has 1 rings (SSSR count). The molecule has 0 saturated carbocycles. The van der Waals surface area contributed by atoms with Gasteiger partial charge in [-0.05, 0) is 24.3 Å². The minimum absolute atomic E-state index is 0.103. The van der Waals surface area contributed by atoms with Gasteiger partial charge in [0.1, 0.15) is 5.00 Å². The molecule has 7 heteroatoms. The number of nitrogens with one attached hydrogen (secondary N) is 2. The molecule has 0 radical (unpaired) electrons. The molecule has 3 N–H and O–H groups in total. The SMILES string of the molecule is CCCOCCCNC(=O)Nc1sccc1C(=O)O. The van der Waals surface area contributed by atoms with Gasteiger partial charge in [0.05, 0.1) is 5.56 Å². The highest BCUT2D eigenvalue weighted by Gasteiger charge is 2.13. The minimum atomic E-state index is -1.05. The summed E-state index contributed by atoms with van der Waals surface area (Å²) in [7, 11) is 0. The van der Waals surface area contributed by atoms with E-state index in [-0.39, 0.29) is 5.56 Å². The molecule has 0 bridgehead atoms. The topological polar surface area (TPSA) is 87.7 Å². The van der Waals surface area contributed by atoms with Crippen LogP contribution in [0.2, 0.25) is 0 Å². The fraction of sp³-hybridized carbons (Fsp3) is 0.500. The molecule has 6 nitrogen and oxygen atoms in total. The fourth-order valence-corrected chi connectivity index (χ4v) is 2.12. The van der Waals surface area contributed by atoms with E-state index in [2.05, 4.69) is 10.6 Å². The second kappa shape index (κ2) is 8.49. The largest absolute Gasteiger partial charge is 0.478 e. The summed E-state index contributed by atoms with van der Waals surface area (Å²) in [5.74, 6) is -1.05. The van der Waals surface area contributed by atoms with E-state index in [0.717, 1.165) is 19.4 Å². The van der Waals surface area contributed by atoms with E-state index in [4.69, 9.17) is 9.84 Å². The van der Waals surface area contributed by atoms with Crippen LogP contribution in [0.3, 0.4) is 0 Å². The number of carbonyl (C=O) groups is 2. The lowest BCUT2D eigenvalue weighted by Crippen LogP contribution is -2.30. The molecule has 0 fully saturated rings. The Morgan fingerprint density at radius 2 is 2.21 bits per heavy atom. The van der Waals surface area contributed by atoms with Gasteiger partial charge in [0.25, 0.3) is 0 Å². The van der Waals surface area contributed by atoms with Crippen molar-refractivity contribution in [3.8, 4) is 0 Å². The van der Waals surface area contributed by atoms with Crippen LogP contribution in [-0.4, -0.2) is 36.9 Å². The first-order valence-corrected chi connectivity index (χ1v) is 6.96. The van der Waals surface area contributed by atoms with E-state index in [0.29, 0.717) is 18.2 Å². The number of thiophene rings is 1. The average Bonchev–Trinajstić information content (AvgIpc) is 2.81. The van der Waals surface area contributed by atoms with E-state index in [1.165, 1.54) is 17.4 Å². The van der Waals surface area contributed by atoms with E-state index in [1.807, 2.05) is 6.92 Å². The summed E-state index contributed by atoms with van der Waals surface area (Å²) in [5, 5.41) is 16.0. The molecular formula is C12H18N2O4S. The van der Waals surface area contributed by atoms with Gasteiger partial charge in [-0.1, -0.05) is 6.92 Å². The molecule has 0 unspecified atom stereocenters. The van der Waals surface area contributed by atoms with E-state index >= 15 is 0 Å². The lowest BCUT2D eigenvalue weighted by Gasteiger charge is -2.07. The van der Waals surface area contributed by atoms with E-state index < -0.39 is 12.0 Å². The number of ether oxygens (including phenoxy) is 1. The van der Waals surface area contributed by atoms with Crippen LogP contribution in [0.4, 0.5) is 9.80 Å². The first kappa shape index (κ1) is 15.5. The van der Waals surface area contributed by atoms with Gasteiger partial charge in [-0.15, -0.1) is 11.3 Å². The molecule has 0 aliphatic rings. The predicted octanol–water partition coefficient (Wildman–Crippen LogP) is 2.38. The van der Waals surface area contributed by atoms with Gasteiger partial charge in [0.2, 0.25) is 0 Å². The van der Waals surface area contributed by atoms with Gasteiger partial charge >= 0.3 is 12.0 Å². The van der Waals surface area contributed by atoms with Gasteiger partial charge in [0.15, 0.2) is 0 Å². The summed E-state index contributed by atoms with van der Waals surface area (Å²) < 4.78 is 5.27. The van der Waals surface area contributed by atoms with Crippen LogP contribution in [0.15, 0.2) is 11.4 Å². The van der Waals surface area contributed by atoms with Crippen molar-refractivity contribution in [2.24, 2.45) is 0 Å². The molecule has 106 valence electrons. The zero-order valence-electron chi connectivity index (χ0n) is 10.8. The van der Waals surface area contributed by atoms with Crippen molar-refractivity contribution in [1.82, 2.24) is 5.32 Å². The molecule has 2 amide bonds. The third-order valence-corrected chi connectivity index (χ3v) is 3.05. The van der Waals surface area contributed by atoms with Crippen LogP contribution in [-0.2, 0) is 4.74 Å². The molecule has 0 aliphatic carbocycles. The Labute approximate surface area is 115 Å². The van der Waals surface area contributed by atoms with Crippen molar-refractivity contribution in [2.75, 3.05) is 25.1 Å². The number of hydrogen-bond acceptors (Lipinski definition) is 4. The number of anilines is 1. The minimum Gasteiger partial charge on any atom is -0.478 e. The van der Waals surface area contributed by atoms with Crippen molar-refractivity contribution in [3.63, 3.8) is 0 Å². The highest BCUT2D eigenvalue weighted by atomic mass is 32.1. The number of carbonyl (C=O) groups excluding carboxylic acids is 1. The fourth-order valence-electron chi connectivity index (χ4n) is 1.34. The van der Waals surface area contributed by atoms with Crippen molar-refractivity contribution < 1.29 is 19.4 Å². The molecular weight excluding hydrogens is 268 g/mol. The van der Waals surface area contributed by atoms with Crippen molar-refractivity contribution >= 4 is 28.3 Å². The van der Waals surface area contributed by atoms with Crippen LogP contribution in [0.1, 0.15) is 30.1 Å². The number of aromatic carboxylic acids is 1. The number of hydrogen-bond donors (Lipinski definition) is 3. The number of urea groups is 1. The van der Waals surface area contributed by atoms with Gasteiger partial charge < -0.3 is 15.2 Å². The molecule has 19 heavy (non-hydrogen) atoms. The van der Waals surface area contributed by atoms with Crippen LogP contribution in [0.25, 0.3) is 0 Å². The second-order valence-electron chi connectivity index (χ2n) is 3.82. The maximum Gasteiger partial charge on any atom is 0.338 e. The first-order valence-electron chi connectivity index (χ1n) is 6.08. The molecule has 0 saturated heterocycles. The Morgan fingerprint density at radius 1 is 1.42 bits per heavy atom. The highest BCUT2D eigenvalue weighted by molar-refractivity contribution is 7.14. The summed E-state index contributed by atoms with van der Waals surface area (Å²) in [6.07, 6.45) is 1.70. The molecule has 1 aromatic rings. The maximum absolute atomic E-state index is 11.5. The van der Waals surface area contributed by atoms with Crippen LogP contribution in [0.5, 0.6) is 0 Å². The summed E-state index contributed by atoms with van der Waals surface area (Å²) in [5.41, 5.74) is 0.103. The molecule has 0 aromatic carbocycles. The molecule has 1 aromatic heterocycles. The van der Waals surface area contributed by atoms with Crippen LogP contribution < -0.4 is 10.6 Å². The summed E-state index contributed by atoms with van der Waals surface area (Å²) >= 11 is 1.18. The number of carboxylic acid groups (broad SMARTS) is 1. The summed E-state index contributed by atoms with van der Waals surface area (Å²) in [6.45, 7) is 3.85. The quantitative estimate of drug-likeness (QED) is 0.640. The average molecular weight is 286 g/mol. The number of carboxylic acids is 1. The van der Waals surface area contributed by atoms with Crippen molar-refractivity contribution in [3.05, 3.63) is 17.0 Å². The standard InChI is InChI=1S/C12H18N2O4S/c1-2-6-18-7-3-5-13-12(17)14-10-9(11(15)16)4-8-19-10/h4,8H,2-3,5-7H2,1H3,(H,15,16)(H2,13,14,17). The highest BCUT2D eigenvalue weighted by Crippen LogP contribution is 2.22. The predicted molar refractivity (Wildman–Crippen MR) is 74.0 cm³/mol. The Bertz CT molecular complexity index is 420. The first-order chi connectivity index (χ1) is 9.15. The van der Waals surface area contributed by atoms with Gasteiger partial charge in [0, 0.05) is 19.8 Å². The molecule has 0 spiro atoms. The van der Waals surface area contributed by atoms with Gasteiger partial charge in [-0.2, -0.15) is 0 Å². The smallest absolute Gasteiger partial charge is 0.338 e. The zero-order chi connectivity index (χ0) is 14.1. The van der Waals surface area contributed by atoms with E-state index in [9.17, 15) is 9.59 Å². The third kappa shape index (κ3) is 5.71. The van der Waals surface area contributed by atoms with Crippen molar-refractivity contribution in [2.45, 2.75) is 19.8 Å². The monoisotopic (exact) mass is 286 g/mol. The Balaban J connectivity index is 2.24. The molecule has 0 atom stereocenters. The Kier molecular flexibility index (Phi) is 6.91. The Morgan fingerprint density at radius 3 is 2.89 bits per heavy atom.